The normalized spacial score (nSPS) is 10.0. The molecule has 0 bridgehead atoms. The fraction of sp³-hybridized carbons (Fsp3) is 0.235. The molecule has 0 radical (unpaired) electrons. The minimum Gasteiger partial charge on any atom is -0.344 e. The van der Waals surface area contributed by atoms with Crippen LogP contribution in [0.2, 0.25) is 5.22 Å². The Morgan fingerprint density at radius 3 is 2.79 bits per heavy atom. The molecule has 0 unspecified atom stereocenters. The lowest BCUT2D eigenvalue weighted by molar-refractivity contribution is -0.116. The van der Waals surface area contributed by atoms with Crippen LogP contribution in [0.1, 0.15) is 28.0 Å². The van der Waals surface area contributed by atoms with Crippen molar-refractivity contribution < 1.29 is 14.1 Å². The molecule has 2 rings (SSSR count). The standard InChI is InChI=1S/C17H16ClN3O3/c1-3-10-19-17(23)13-6-4-5-7-14(13)20-15(22)9-8-12-11(2)21-24-16(12)18/h1,4-7H,8-10H2,2H3,(H,19,23)(H,20,22). The SMILES string of the molecule is C#CCNC(=O)c1ccccc1NC(=O)CCc1c(C)noc1Cl. The van der Waals surface area contributed by atoms with Crippen LogP contribution in [-0.2, 0) is 11.2 Å². The van der Waals surface area contributed by atoms with Crippen LogP contribution in [0.5, 0.6) is 0 Å². The molecule has 0 atom stereocenters. The van der Waals surface area contributed by atoms with E-state index in [4.69, 9.17) is 22.5 Å². The lowest BCUT2D eigenvalue weighted by atomic mass is 10.1. The molecule has 0 saturated heterocycles. The van der Waals surface area contributed by atoms with E-state index in [0.29, 0.717) is 28.9 Å². The number of nitrogens with one attached hydrogen (secondary N) is 2. The quantitative estimate of drug-likeness (QED) is 0.788. The van der Waals surface area contributed by atoms with Crippen molar-refractivity contribution in [3.05, 3.63) is 46.3 Å². The molecular weight excluding hydrogens is 330 g/mol. The zero-order valence-corrected chi connectivity index (χ0v) is 13.8. The Hall–Kier alpha value is -2.78. The monoisotopic (exact) mass is 345 g/mol. The van der Waals surface area contributed by atoms with Gasteiger partial charge in [-0.1, -0.05) is 23.2 Å². The van der Waals surface area contributed by atoms with E-state index < -0.39 is 0 Å². The maximum absolute atomic E-state index is 12.1. The number of aryl methyl sites for hydroxylation is 1. The topological polar surface area (TPSA) is 84.2 Å². The number of amides is 2. The van der Waals surface area contributed by atoms with Crippen molar-refractivity contribution in [3.63, 3.8) is 0 Å². The number of para-hydroxylation sites is 1. The van der Waals surface area contributed by atoms with Gasteiger partial charge in [0.2, 0.25) is 11.1 Å². The summed E-state index contributed by atoms with van der Waals surface area (Å²) in [5, 5.41) is 9.22. The Balaban J connectivity index is 2.02. The average Bonchev–Trinajstić information content (AvgIpc) is 2.89. The molecule has 0 aliphatic rings. The van der Waals surface area contributed by atoms with Gasteiger partial charge >= 0.3 is 0 Å². The molecule has 1 heterocycles. The van der Waals surface area contributed by atoms with E-state index in [0.717, 1.165) is 0 Å². The molecule has 2 N–H and O–H groups in total. The summed E-state index contributed by atoms with van der Waals surface area (Å²) in [6.07, 6.45) is 5.70. The smallest absolute Gasteiger partial charge is 0.254 e. The number of anilines is 1. The summed E-state index contributed by atoms with van der Waals surface area (Å²) in [5.74, 6) is 1.74. The van der Waals surface area contributed by atoms with Crippen molar-refractivity contribution in [1.82, 2.24) is 10.5 Å². The number of aromatic nitrogens is 1. The van der Waals surface area contributed by atoms with E-state index in [-0.39, 0.29) is 30.0 Å². The van der Waals surface area contributed by atoms with Gasteiger partial charge in [0.15, 0.2) is 0 Å². The van der Waals surface area contributed by atoms with Crippen molar-refractivity contribution >= 4 is 29.1 Å². The summed E-state index contributed by atoms with van der Waals surface area (Å²) < 4.78 is 4.85. The molecule has 2 amide bonds. The maximum Gasteiger partial charge on any atom is 0.254 e. The number of carbonyl (C=O) groups is 2. The average molecular weight is 346 g/mol. The van der Waals surface area contributed by atoms with Crippen LogP contribution in [0.4, 0.5) is 5.69 Å². The molecule has 124 valence electrons. The number of halogens is 1. The van der Waals surface area contributed by atoms with Gasteiger partial charge in [-0.2, -0.15) is 0 Å². The fourth-order valence-corrected chi connectivity index (χ4v) is 2.37. The third-order valence-electron chi connectivity index (χ3n) is 3.34. The van der Waals surface area contributed by atoms with Crippen molar-refractivity contribution in [2.45, 2.75) is 19.8 Å². The second-order valence-corrected chi connectivity index (χ2v) is 5.34. The minimum atomic E-state index is -0.346. The predicted molar refractivity (Wildman–Crippen MR) is 90.8 cm³/mol. The summed E-state index contributed by atoms with van der Waals surface area (Å²) >= 11 is 5.87. The number of rotatable bonds is 6. The molecule has 0 spiro atoms. The summed E-state index contributed by atoms with van der Waals surface area (Å²) in [4.78, 5) is 24.2. The van der Waals surface area contributed by atoms with Gasteiger partial charge in [-0.05, 0) is 37.1 Å². The first-order valence-corrected chi connectivity index (χ1v) is 7.62. The van der Waals surface area contributed by atoms with Crippen LogP contribution in [0.15, 0.2) is 28.8 Å². The van der Waals surface area contributed by atoms with Gasteiger partial charge in [-0.25, -0.2) is 0 Å². The summed E-state index contributed by atoms with van der Waals surface area (Å²) in [6.45, 7) is 1.88. The highest BCUT2D eigenvalue weighted by atomic mass is 35.5. The first-order chi connectivity index (χ1) is 11.5. The van der Waals surface area contributed by atoms with Crippen molar-refractivity contribution in [2.75, 3.05) is 11.9 Å². The van der Waals surface area contributed by atoms with E-state index >= 15 is 0 Å². The van der Waals surface area contributed by atoms with Crippen molar-refractivity contribution in [2.24, 2.45) is 0 Å². The molecule has 6 nitrogen and oxygen atoms in total. The van der Waals surface area contributed by atoms with Crippen LogP contribution < -0.4 is 10.6 Å². The third kappa shape index (κ3) is 4.37. The molecule has 0 fully saturated rings. The molecule has 0 saturated carbocycles. The van der Waals surface area contributed by atoms with E-state index in [9.17, 15) is 9.59 Å². The maximum atomic E-state index is 12.1. The summed E-state index contributed by atoms with van der Waals surface area (Å²) in [7, 11) is 0. The Bertz CT molecular complexity index is 773. The third-order valence-corrected chi connectivity index (χ3v) is 3.63. The van der Waals surface area contributed by atoms with Gasteiger partial charge in [0.1, 0.15) is 0 Å². The molecule has 24 heavy (non-hydrogen) atoms. The highest BCUT2D eigenvalue weighted by molar-refractivity contribution is 6.29. The van der Waals surface area contributed by atoms with Crippen LogP contribution in [0, 0.1) is 19.3 Å². The highest BCUT2D eigenvalue weighted by Gasteiger charge is 2.15. The number of carbonyl (C=O) groups excluding carboxylic acids is 2. The van der Waals surface area contributed by atoms with Gasteiger partial charge in [0.05, 0.1) is 23.5 Å². The number of terminal acetylenes is 1. The number of hydrogen-bond donors (Lipinski definition) is 2. The van der Waals surface area contributed by atoms with Gasteiger partial charge in [-0.15, -0.1) is 6.42 Å². The molecule has 1 aromatic carbocycles. The van der Waals surface area contributed by atoms with E-state index in [1.165, 1.54) is 0 Å². The van der Waals surface area contributed by atoms with Gasteiger partial charge in [-0.3, -0.25) is 9.59 Å². The number of benzene rings is 1. The largest absolute Gasteiger partial charge is 0.344 e. The second-order valence-electron chi connectivity index (χ2n) is 5.00. The second kappa shape index (κ2) is 8.18. The lowest BCUT2D eigenvalue weighted by Gasteiger charge is -2.10. The Morgan fingerprint density at radius 1 is 1.38 bits per heavy atom. The van der Waals surface area contributed by atoms with Gasteiger partial charge in [0, 0.05) is 12.0 Å². The highest BCUT2D eigenvalue weighted by Crippen LogP contribution is 2.21. The summed E-state index contributed by atoms with van der Waals surface area (Å²) in [5.41, 5.74) is 2.12. The molecular formula is C17H16ClN3O3. The van der Waals surface area contributed by atoms with E-state index in [2.05, 4.69) is 21.7 Å². The predicted octanol–water partition coefficient (Wildman–Crippen LogP) is 2.57. The summed E-state index contributed by atoms with van der Waals surface area (Å²) in [6, 6.07) is 6.71. The van der Waals surface area contributed by atoms with Crippen LogP contribution in [0.25, 0.3) is 0 Å². The van der Waals surface area contributed by atoms with Gasteiger partial charge in [0.25, 0.3) is 5.91 Å². The minimum absolute atomic E-state index is 0.117. The van der Waals surface area contributed by atoms with Crippen molar-refractivity contribution in [3.8, 4) is 12.3 Å². The first kappa shape index (κ1) is 17.6. The number of nitrogens with zero attached hydrogens (tertiary/aromatic N) is 1. The van der Waals surface area contributed by atoms with E-state index in [1.807, 2.05) is 0 Å². The van der Waals surface area contributed by atoms with Crippen LogP contribution >= 0.6 is 11.6 Å². The Labute approximate surface area is 144 Å². The number of hydrogen-bond acceptors (Lipinski definition) is 4. The van der Waals surface area contributed by atoms with Crippen LogP contribution in [-0.4, -0.2) is 23.5 Å². The van der Waals surface area contributed by atoms with Crippen LogP contribution in [0.3, 0.4) is 0 Å². The molecule has 7 heteroatoms. The van der Waals surface area contributed by atoms with Crippen molar-refractivity contribution in [1.29, 1.82) is 0 Å². The molecule has 2 aromatic rings. The Kier molecular flexibility index (Phi) is 5.99. The molecule has 0 aliphatic heterocycles. The zero-order chi connectivity index (χ0) is 17.5. The van der Waals surface area contributed by atoms with Gasteiger partial charge < -0.3 is 15.2 Å². The molecule has 1 aromatic heterocycles. The Morgan fingerprint density at radius 2 is 2.12 bits per heavy atom. The fourth-order valence-electron chi connectivity index (χ4n) is 2.11. The first-order valence-electron chi connectivity index (χ1n) is 7.24. The molecule has 0 aliphatic carbocycles. The zero-order valence-electron chi connectivity index (χ0n) is 13.1. The lowest BCUT2D eigenvalue weighted by Crippen LogP contribution is -2.25. The van der Waals surface area contributed by atoms with E-state index in [1.54, 1.807) is 31.2 Å².